The van der Waals surface area contributed by atoms with Crippen molar-refractivity contribution in [3.05, 3.63) is 0 Å². The fourth-order valence-corrected chi connectivity index (χ4v) is 4.40. The summed E-state index contributed by atoms with van der Waals surface area (Å²) >= 11 is 0. The van der Waals surface area contributed by atoms with Crippen LogP contribution in [0.25, 0.3) is 0 Å². The summed E-state index contributed by atoms with van der Waals surface area (Å²) in [6, 6.07) is 0.147. The van der Waals surface area contributed by atoms with Gasteiger partial charge in [-0.3, -0.25) is 0 Å². The van der Waals surface area contributed by atoms with Crippen LogP contribution in [0.5, 0.6) is 0 Å². The molecule has 1 rings (SSSR count). The zero-order valence-electron chi connectivity index (χ0n) is 10.2. The van der Waals surface area contributed by atoms with E-state index in [1.54, 1.807) is 13.8 Å². The largest absolute Gasteiger partial charge is 0.316 e. The Labute approximate surface area is 93.6 Å². The molecule has 3 nitrogen and oxygen atoms in total. The molecule has 1 aliphatic carbocycles. The van der Waals surface area contributed by atoms with Gasteiger partial charge in [0, 0.05) is 6.04 Å². The average molecular weight is 233 g/mol. The number of nitrogens with one attached hydrogen (secondary N) is 1. The van der Waals surface area contributed by atoms with E-state index in [1.807, 2.05) is 7.05 Å². The second-order valence-electron chi connectivity index (χ2n) is 4.99. The van der Waals surface area contributed by atoms with E-state index in [0.717, 1.165) is 19.3 Å². The Hall–Kier alpha value is -0.0900. The van der Waals surface area contributed by atoms with Gasteiger partial charge in [0.1, 0.15) is 0 Å². The molecule has 4 heteroatoms. The van der Waals surface area contributed by atoms with Crippen LogP contribution in [-0.2, 0) is 9.84 Å². The third kappa shape index (κ3) is 2.72. The molecule has 0 aliphatic heterocycles. The summed E-state index contributed by atoms with van der Waals surface area (Å²) in [4.78, 5) is 0. The normalized spacial score (nSPS) is 33.3. The van der Waals surface area contributed by atoms with E-state index >= 15 is 0 Å². The molecular formula is C11H23NO2S. The Morgan fingerprint density at radius 1 is 1.27 bits per heavy atom. The zero-order valence-corrected chi connectivity index (χ0v) is 11.0. The van der Waals surface area contributed by atoms with E-state index < -0.39 is 9.84 Å². The van der Waals surface area contributed by atoms with Crippen LogP contribution in [0.2, 0.25) is 0 Å². The van der Waals surface area contributed by atoms with Crippen molar-refractivity contribution in [2.75, 3.05) is 7.05 Å². The molecule has 3 atom stereocenters. The van der Waals surface area contributed by atoms with Crippen LogP contribution in [0.15, 0.2) is 0 Å². The van der Waals surface area contributed by atoms with Crippen molar-refractivity contribution in [1.82, 2.24) is 5.32 Å². The van der Waals surface area contributed by atoms with Crippen molar-refractivity contribution in [2.45, 2.75) is 56.6 Å². The Bertz CT molecular complexity index is 298. The first-order chi connectivity index (χ1) is 6.89. The predicted octanol–water partition coefficient (Wildman–Crippen LogP) is 1.59. The summed E-state index contributed by atoms with van der Waals surface area (Å²) in [5, 5.41) is 2.71. The van der Waals surface area contributed by atoms with Crippen molar-refractivity contribution in [3.8, 4) is 0 Å². The van der Waals surface area contributed by atoms with Crippen LogP contribution in [0.3, 0.4) is 0 Å². The van der Waals surface area contributed by atoms with Crippen LogP contribution in [0, 0.1) is 5.92 Å². The molecule has 0 aromatic heterocycles. The molecule has 0 aromatic carbocycles. The quantitative estimate of drug-likeness (QED) is 0.805. The van der Waals surface area contributed by atoms with Gasteiger partial charge in [0.25, 0.3) is 0 Å². The zero-order chi connectivity index (χ0) is 11.6. The Morgan fingerprint density at radius 3 is 2.33 bits per heavy atom. The van der Waals surface area contributed by atoms with Crippen LogP contribution in [0.1, 0.15) is 40.0 Å². The first-order valence-electron chi connectivity index (χ1n) is 5.79. The van der Waals surface area contributed by atoms with Gasteiger partial charge in [-0.2, -0.15) is 0 Å². The molecule has 15 heavy (non-hydrogen) atoms. The summed E-state index contributed by atoms with van der Waals surface area (Å²) in [5.41, 5.74) is 0. The smallest absolute Gasteiger partial charge is 0.157 e. The van der Waals surface area contributed by atoms with Gasteiger partial charge in [-0.25, -0.2) is 8.42 Å². The molecule has 1 fully saturated rings. The predicted molar refractivity (Wildman–Crippen MR) is 63.7 cm³/mol. The molecule has 0 amide bonds. The summed E-state index contributed by atoms with van der Waals surface area (Å²) in [5.74, 6) is 0.535. The van der Waals surface area contributed by atoms with Gasteiger partial charge in [0.2, 0.25) is 0 Å². The van der Waals surface area contributed by atoms with E-state index in [2.05, 4.69) is 12.2 Å². The fourth-order valence-electron chi connectivity index (χ4n) is 2.37. The monoisotopic (exact) mass is 233 g/mol. The maximum Gasteiger partial charge on any atom is 0.157 e. The van der Waals surface area contributed by atoms with Gasteiger partial charge in [-0.15, -0.1) is 0 Å². The van der Waals surface area contributed by atoms with E-state index in [9.17, 15) is 8.42 Å². The van der Waals surface area contributed by atoms with Crippen molar-refractivity contribution in [1.29, 1.82) is 0 Å². The van der Waals surface area contributed by atoms with Crippen molar-refractivity contribution >= 4 is 9.84 Å². The SMILES string of the molecule is CNC1CCC(C)CC1S(=O)(=O)C(C)C. The lowest BCUT2D eigenvalue weighted by atomic mass is 9.87. The molecule has 0 radical (unpaired) electrons. The molecule has 3 unspecified atom stereocenters. The van der Waals surface area contributed by atoms with Gasteiger partial charge in [-0.1, -0.05) is 6.92 Å². The topological polar surface area (TPSA) is 46.2 Å². The third-order valence-corrected chi connectivity index (χ3v) is 6.18. The molecular weight excluding hydrogens is 210 g/mol. The van der Waals surface area contributed by atoms with Gasteiger partial charge in [-0.05, 0) is 46.1 Å². The molecule has 0 heterocycles. The van der Waals surface area contributed by atoms with E-state index in [-0.39, 0.29) is 16.5 Å². The van der Waals surface area contributed by atoms with E-state index in [4.69, 9.17) is 0 Å². The molecule has 0 aromatic rings. The number of sulfone groups is 1. The van der Waals surface area contributed by atoms with Crippen molar-refractivity contribution in [2.24, 2.45) is 5.92 Å². The molecule has 0 bridgehead atoms. The Morgan fingerprint density at radius 2 is 1.87 bits per heavy atom. The summed E-state index contributed by atoms with van der Waals surface area (Å²) in [7, 11) is -1.09. The van der Waals surface area contributed by atoms with Crippen LogP contribution in [-0.4, -0.2) is 32.0 Å². The highest BCUT2D eigenvalue weighted by molar-refractivity contribution is 7.92. The lowest BCUT2D eigenvalue weighted by Crippen LogP contribution is -2.48. The standard InChI is InChI=1S/C11H23NO2S/c1-8(2)15(13,14)11-7-9(3)5-6-10(11)12-4/h8-12H,5-7H2,1-4H3. The van der Waals surface area contributed by atoms with Crippen molar-refractivity contribution < 1.29 is 8.42 Å². The van der Waals surface area contributed by atoms with Gasteiger partial charge < -0.3 is 5.32 Å². The van der Waals surface area contributed by atoms with E-state index in [1.165, 1.54) is 0 Å². The van der Waals surface area contributed by atoms with Gasteiger partial charge >= 0.3 is 0 Å². The number of rotatable bonds is 3. The number of hydrogen-bond donors (Lipinski definition) is 1. The van der Waals surface area contributed by atoms with Gasteiger partial charge in [0.15, 0.2) is 9.84 Å². The lowest BCUT2D eigenvalue weighted by molar-refractivity contribution is 0.318. The number of hydrogen-bond acceptors (Lipinski definition) is 3. The lowest BCUT2D eigenvalue weighted by Gasteiger charge is -2.35. The molecule has 1 N–H and O–H groups in total. The molecule has 1 saturated carbocycles. The minimum Gasteiger partial charge on any atom is -0.316 e. The summed E-state index contributed by atoms with van der Waals surface area (Å²) < 4.78 is 24.3. The Kier molecular flexibility index (Phi) is 4.18. The van der Waals surface area contributed by atoms with Gasteiger partial charge in [0.05, 0.1) is 10.5 Å². The second-order valence-corrected chi connectivity index (χ2v) is 7.72. The van der Waals surface area contributed by atoms with Crippen LogP contribution >= 0.6 is 0 Å². The highest BCUT2D eigenvalue weighted by Gasteiger charge is 2.38. The van der Waals surface area contributed by atoms with E-state index in [0.29, 0.717) is 5.92 Å². The highest BCUT2D eigenvalue weighted by atomic mass is 32.2. The first-order valence-corrected chi connectivity index (χ1v) is 7.40. The minimum atomic E-state index is -2.96. The maximum atomic E-state index is 12.2. The molecule has 1 aliphatic rings. The Balaban J connectivity index is 2.89. The maximum absolute atomic E-state index is 12.2. The second kappa shape index (κ2) is 4.83. The third-order valence-electron chi connectivity index (χ3n) is 3.50. The highest BCUT2D eigenvalue weighted by Crippen LogP contribution is 2.30. The van der Waals surface area contributed by atoms with Crippen LogP contribution in [0.4, 0.5) is 0 Å². The summed E-state index contributed by atoms with van der Waals surface area (Å²) in [6.45, 7) is 5.71. The average Bonchev–Trinajstić information content (AvgIpc) is 2.17. The van der Waals surface area contributed by atoms with Crippen LogP contribution < -0.4 is 5.32 Å². The molecule has 90 valence electrons. The molecule has 0 saturated heterocycles. The van der Waals surface area contributed by atoms with Crippen molar-refractivity contribution in [3.63, 3.8) is 0 Å². The fraction of sp³-hybridized carbons (Fsp3) is 1.00. The molecule has 0 spiro atoms. The first kappa shape index (κ1) is 13.0. The summed E-state index contributed by atoms with van der Waals surface area (Å²) in [6.07, 6.45) is 2.93. The minimum absolute atomic E-state index is 0.147.